The molecule has 2 aromatic carbocycles. The zero-order valence-electron chi connectivity index (χ0n) is 29.9. The van der Waals surface area contributed by atoms with Gasteiger partial charge in [-0.1, -0.05) is 35.9 Å². The number of aliphatic hydroxyl groups excluding tert-OH is 1. The van der Waals surface area contributed by atoms with Crippen molar-refractivity contribution in [3.8, 4) is 11.1 Å². The van der Waals surface area contributed by atoms with Crippen LogP contribution in [0.3, 0.4) is 0 Å². The van der Waals surface area contributed by atoms with Crippen molar-refractivity contribution in [3.05, 3.63) is 88.4 Å². The third-order valence-electron chi connectivity index (χ3n) is 9.42. The number of benzene rings is 2. The number of halogens is 1. The van der Waals surface area contributed by atoms with Crippen molar-refractivity contribution >= 4 is 51.8 Å². The first-order valence-corrected chi connectivity index (χ1v) is 17.7. The molecule has 5 aromatic rings. The molecule has 0 bridgehead atoms. The fraction of sp³-hybridized carbons (Fsp3) is 0.368. The molecule has 2 aliphatic heterocycles. The van der Waals surface area contributed by atoms with Crippen molar-refractivity contribution in [1.82, 2.24) is 34.3 Å². The lowest BCUT2D eigenvalue weighted by Gasteiger charge is -2.29. The maximum Gasteiger partial charge on any atom is 0.410 e. The average molecular weight is 724 g/mol. The molecule has 2 aliphatic rings. The van der Waals surface area contributed by atoms with Gasteiger partial charge >= 0.3 is 6.09 Å². The van der Waals surface area contributed by atoms with E-state index in [0.29, 0.717) is 53.8 Å². The van der Waals surface area contributed by atoms with Gasteiger partial charge in [0.05, 0.1) is 34.6 Å². The number of ether oxygens (including phenoxy) is 1. The van der Waals surface area contributed by atoms with Crippen LogP contribution in [0.5, 0.6) is 0 Å². The van der Waals surface area contributed by atoms with Crippen molar-refractivity contribution in [2.45, 2.75) is 65.3 Å². The number of carbonyl (C=O) groups is 2. The first-order valence-electron chi connectivity index (χ1n) is 17.3. The summed E-state index contributed by atoms with van der Waals surface area (Å²) in [7, 11) is 1.81. The predicted octanol–water partition coefficient (Wildman–Crippen LogP) is 6.24. The number of likely N-dealkylation sites (tertiary alicyclic amines) is 1. The Labute approximate surface area is 307 Å². The molecule has 13 nitrogen and oxygen atoms in total. The van der Waals surface area contributed by atoms with Crippen LogP contribution in [-0.4, -0.2) is 82.7 Å². The van der Waals surface area contributed by atoms with Crippen LogP contribution in [0.25, 0.3) is 22.2 Å². The number of hydrogen-bond acceptors (Lipinski definition) is 10. The number of aliphatic hydroxyl groups is 1. The lowest BCUT2D eigenvalue weighted by Crippen LogP contribution is -2.40. The van der Waals surface area contributed by atoms with E-state index in [-0.39, 0.29) is 18.5 Å². The second kappa shape index (κ2) is 14.1. The zero-order valence-corrected chi connectivity index (χ0v) is 30.7. The Morgan fingerprint density at radius 1 is 1.06 bits per heavy atom. The van der Waals surface area contributed by atoms with E-state index in [1.165, 1.54) is 6.33 Å². The topological polar surface area (TPSA) is 151 Å². The van der Waals surface area contributed by atoms with E-state index in [4.69, 9.17) is 21.3 Å². The predicted molar refractivity (Wildman–Crippen MR) is 200 cm³/mol. The summed E-state index contributed by atoms with van der Waals surface area (Å²) >= 11 is 7.00. The zero-order chi connectivity index (χ0) is 36.7. The monoisotopic (exact) mass is 723 g/mol. The van der Waals surface area contributed by atoms with Gasteiger partial charge < -0.3 is 29.9 Å². The van der Waals surface area contributed by atoms with Gasteiger partial charge in [-0.05, 0) is 69.0 Å². The van der Waals surface area contributed by atoms with Gasteiger partial charge in [0.25, 0.3) is 5.91 Å². The normalized spacial score (nSPS) is 16.2. The molecule has 52 heavy (non-hydrogen) atoms. The Bertz CT molecular complexity index is 2180. The molecule has 7 rings (SSSR count). The highest BCUT2D eigenvalue weighted by molar-refractivity contribution is 6.36. The van der Waals surface area contributed by atoms with E-state index in [2.05, 4.69) is 30.5 Å². The Morgan fingerprint density at radius 3 is 2.58 bits per heavy atom. The summed E-state index contributed by atoms with van der Waals surface area (Å²) < 4.78 is 7.32. The summed E-state index contributed by atoms with van der Waals surface area (Å²) in [6.45, 7) is 10.4. The van der Waals surface area contributed by atoms with Crippen LogP contribution in [-0.2, 0) is 31.3 Å². The summed E-state index contributed by atoms with van der Waals surface area (Å²) in [4.78, 5) is 48.4. The highest BCUT2D eigenvalue weighted by Crippen LogP contribution is 2.38. The fourth-order valence-corrected chi connectivity index (χ4v) is 7.07. The van der Waals surface area contributed by atoms with Crippen molar-refractivity contribution in [2.75, 3.05) is 30.3 Å². The van der Waals surface area contributed by atoms with Crippen molar-refractivity contribution < 1.29 is 19.4 Å². The number of rotatable bonds is 7. The number of amides is 2. The quantitative estimate of drug-likeness (QED) is 0.176. The standard InChI is InChI=1S/C38H42ClN9O4/c1-22-25(8-6-10-27(22)43-34-33-29(41-21-42-34)16-23(17-40-33)18-47-14-12-24(49)19-47)26-9-7-11-28(32(26)39)45-36(50)35-44-30-20-48(15-13-31(30)46(35)5)37(51)52-38(2,3)4/h6-11,16-17,21,24,49H,12-15,18-20H2,1-5H3,(H,45,50)(H,41,42,43). The molecule has 0 aliphatic carbocycles. The molecule has 1 unspecified atom stereocenters. The lowest BCUT2D eigenvalue weighted by atomic mass is 9.98. The summed E-state index contributed by atoms with van der Waals surface area (Å²) in [5.74, 6) is 0.399. The van der Waals surface area contributed by atoms with Gasteiger partial charge in [-0.3, -0.25) is 14.7 Å². The number of pyridine rings is 1. The van der Waals surface area contributed by atoms with Crippen LogP contribution >= 0.6 is 11.6 Å². The molecule has 14 heteroatoms. The second-order valence-electron chi connectivity index (χ2n) is 14.4. The van der Waals surface area contributed by atoms with Crippen LogP contribution in [0.1, 0.15) is 60.3 Å². The molecule has 0 saturated carbocycles. The number of imidazole rings is 1. The third kappa shape index (κ3) is 7.29. The molecule has 1 saturated heterocycles. The Morgan fingerprint density at radius 2 is 1.83 bits per heavy atom. The smallest absolute Gasteiger partial charge is 0.410 e. The van der Waals surface area contributed by atoms with Gasteiger partial charge in [0.1, 0.15) is 17.4 Å². The third-order valence-corrected chi connectivity index (χ3v) is 9.83. The maximum atomic E-state index is 13.6. The minimum Gasteiger partial charge on any atom is -0.444 e. The van der Waals surface area contributed by atoms with Gasteiger partial charge in [-0.15, -0.1) is 0 Å². The van der Waals surface area contributed by atoms with Crippen molar-refractivity contribution in [3.63, 3.8) is 0 Å². The molecule has 5 heterocycles. The number of aromatic nitrogens is 5. The summed E-state index contributed by atoms with van der Waals surface area (Å²) in [5, 5.41) is 16.7. The van der Waals surface area contributed by atoms with Crippen LogP contribution in [0.15, 0.2) is 55.0 Å². The number of fused-ring (bicyclic) bond motifs is 2. The number of β-amino-alcohol motifs (C(OH)–C–C–N with tert-alkyl or cyclic N) is 1. The van der Waals surface area contributed by atoms with Crippen molar-refractivity contribution in [2.24, 2.45) is 7.05 Å². The van der Waals surface area contributed by atoms with Crippen LogP contribution in [0.4, 0.5) is 22.0 Å². The molecule has 0 radical (unpaired) electrons. The summed E-state index contributed by atoms with van der Waals surface area (Å²) in [5.41, 5.74) is 7.18. The average Bonchev–Trinajstić information content (AvgIpc) is 3.67. The van der Waals surface area contributed by atoms with Gasteiger partial charge in [0.15, 0.2) is 11.6 Å². The molecule has 2 amide bonds. The molecule has 0 spiro atoms. The molecule has 1 atom stereocenters. The minimum atomic E-state index is -0.606. The number of carbonyl (C=O) groups excluding carboxylic acids is 2. The van der Waals surface area contributed by atoms with E-state index in [0.717, 1.165) is 52.1 Å². The highest BCUT2D eigenvalue weighted by Gasteiger charge is 2.30. The van der Waals surface area contributed by atoms with E-state index in [1.54, 1.807) is 22.6 Å². The molecule has 1 fully saturated rings. The van der Waals surface area contributed by atoms with Gasteiger partial charge in [0.2, 0.25) is 0 Å². The van der Waals surface area contributed by atoms with E-state index < -0.39 is 17.6 Å². The van der Waals surface area contributed by atoms with E-state index >= 15 is 0 Å². The maximum absolute atomic E-state index is 13.6. The molecular formula is C38H42ClN9O4. The van der Waals surface area contributed by atoms with Crippen molar-refractivity contribution in [1.29, 1.82) is 0 Å². The van der Waals surface area contributed by atoms with Gasteiger partial charge in [0, 0.05) is 62.8 Å². The first kappa shape index (κ1) is 35.3. The first-order chi connectivity index (χ1) is 24.8. The van der Waals surface area contributed by atoms with Crippen LogP contribution in [0, 0.1) is 6.92 Å². The summed E-state index contributed by atoms with van der Waals surface area (Å²) in [6, 6.07) is 13.4. The second-order valence-corrected chi connectivity index (χ2v) is 14.8. The number of nitrogens with zero attached hydrogens (tertiary/aromatic N) is 7. The van der Waals surface area contributed by atoms with Gasteiger partial charge in [-0.25, -0.2) is 19.7 Å². The number of nitrogens with one attached hydrogen (secondary N) is 2. The molecule has 3 aromatic heterocycles. The fourth-order valence-electron chi connectivity index (χ4n) is 6.80. The number of anilines is 3. The van der Waals surface area contributed by atoms with E-state index in [1.807, 2.05) is 70.3 Å². The van der Waals surface area contributed by atoms with Crippen LogP contribution in [0.2, 0.25) is 5.02 Å². The Kier molecular flexibility index (Phi) is 9.59. The molecule has 270 valence electrons. The minimum absolute atomic E-state index is 0.229. The van der Waals surface area contributed by atoms with E-state index in [9.17, 15) is 14.7 Å². The largest absolute Gasteiger partial charge is 0.444 e. The lowest BCUT2D eigenvalue weighted by molar-refractivity contribution is 0.0220. The molecule has 3 N–H and O–H groups in total. The summed E-state index contributed by atoms with van der Waals surface area (Å²) in [6.07, 6.45) is 4.01. The van der Waals surface area contributed by atoms with Gasteiger partial charge in [-0.2, -0.15) is 0 Å². The Hall–Kier alpha value is -5.11. The SMILES string of the molecule is Cc1c(Nc2ncnc3cc(CN4CCC(O)C4)cnc23)cccc1-c1cccc(NC(=O)c2nc3c(n2C)CCN(C(=O)OC(C)(C)C)C3)c1Cl. The highest BCUT2D eigenvalue weighted by atomic mass is 35.5. The Balaban J connectivity index is 1.09. The van der Waals surface area contributed by atoms with Crippen LogP contribution < -0.4 is 10.6 Å². The number of hydrogen-bond donors (Lipinski definition) is 3. The molecular weight excluding hydrogens is 682 g/mol.